The summed E-state index contributed by atoms with van der Waals surface area (Å²) in [6.45, 7) is 1.83. The molecule has 1 aliphatic rings. The molecular formula is C9H14F3NO5. The van der Waals surface area contributed by atoms with Gasteiger partial charge in [0, 0.05) is 6.04 Å². The number of alkyl halides is 3. The number of ether oxygens (including phenoxy) is 1. The van der Waals surface area contributed by atoms with Gasteiger partial charge in [-0.1, -0.05) is 0 Å². The molecule has 1 saturated heterocycles. The van der Waals surface area contributed by atoms with Crippen LogP contribution >= 0.6 is 0 Å². The standard InChI is InChI=1S/C7H13NO3.C2HF3O2/c1-4(8)5-2-3-6(11-5)7(9)10;3-2(4,5)1(6)7/h4-6H,2-3,8H2,1H3,(H,9,10);(H,6,7)/t4-,5+,6-;/m0./s1. The summed E-state index contributed by atoms with van der Waals surface area (Å²) in [5.74, 6) is -3.64. The van der Waals surface area contributed by atoms with Gasteiger partial charge < -0.3 is 20.7 Å². The van der Waals surface area contributed by atoms with Crippen molar-refractivity contribution in [1.29, 1.82) is 0 Å². The number of hydrogen-bond donors (Lipinski definition) is 3. The molecule has 0 aromatic heterocycles. The van der Waals surface area contributed by atoms with E-state index in [1.165, 1.54) is 0 Å². The van der Waals surface area contributed by atoms with Crippen LogP contribution in [-0.2, 0) is 14.3 Å². The van der Waals surface area contributed by atoms with Crippen molar-refractivity contribution < 1.29 is 37.7 Å². The van der Waals surface area contributed by atoms with Gasteiger partial charge in [0.15, 0.2) is 6.10 Å². The van der Waals surface area contributed by atoms with Crippen molar-refractivity contribution in [1.82, 2.24) is 0 Å². The van der Waals surface area contributed by atoms with Crippen LogP contribution in [0.5, 0.6) is 0 Å². The van der Waals surface area contributed by atoms with Gasteiger partial charge in [0.25, 0.3) is 0 Å². The van der Waals surface area contributed by atoms with Crippen molar-refractivity contribution in [3.63, 3.8) is 0 Å². The van der Waals surface area contributed by atoms with Crippen LogP contribution in [0.25, 0.3) is 0 Å². The molecule has 106 valence electrons. The number of carboxylic acid groups (broad SMARTS) is 2. The number of nitrogens with two attached hydrogens (primary N) is 1. The van der Waals surface area contributed by atoms with E-state index in [0.717, 1.165) is 6.42 Å². The zero-order valence-corrected chi connectivity index (χ0v) is 9.48. The Labute approximate surface area is 101 Å². The largest absolute Gasteiger partial charge is 0.490 e. The molecule has 9 heteroatoms. The Morgan fingerprint density at radius 3 is 1.94 bits per heavy atom. The maximum Gasteiger partial charge on any atom is 0.490 e. The Balaban J connectivity index is 0.000000360. The number of carboxylic acids is 2. The second-order valence-electron chi connectivity index (χ2n) is 3.74. The average Bonchev–Trinajstić information content (AvgIpc) is 2.65. The SMILES string of the molecule is C[C@H](N)[C@H]1CC[C@@H](C(=O)O)O1.O=C(O)C(F)(F)F. The molecule has 0 bridgehead atoms. The van der Waals surface area contributed by atoms with Crippen LogP contribution < -0.4 is 5.73 Å². The van der Waals surface area contributed by atoms with Crippen molar-refractivity contribution in [2.75, 3.05) is 0 Å². The second kappa shape index (κ2) is 6.55. The molecule has 0 amide bonds. The van der Waals surface area contributed by atoms with E-state index < -0.39 is 24.2 Å². The van der Waals surface area contributed by atoms with Crippen molar-refractivity contribution in [2.24, 2.45) is 5.73 Å². The highest BCUT2D eigenvalue weighted by Gasteiger charge is 2.38. The first-order valence-corrected chi connectivity index (χ1v) is 4.99. The van der Waals surface area contributed by atoms with Crippen molar-refractivity contribution >= 4 is 11.9 Å². The van der Waals surface area contributed by atoms with Crippen LogP contribution in [0, 0.1) is 0 Å². The van der Waals surface area contributed by atoms with Gasteiger partial charge in [-0.15, -0.1) is 0 Å². The fraction of sp³-hybridized carbons (Fsp3) is 0.778. The molecule has 0 radical (unpaired) electrons. The van der Waals surface area contributed by atoms with E-state index in [0.29, 0.717) is 6.42 Å². The Morgan fingerprint density at radius 2 is 1.78 bits per heavy atom. The number of halogens is 3. The monoisotopic (exact) mass is 273 g/mol. The smallest absolute Gasteiger partial charge is 0.479 e. The third kappa shape index (κ3) is 5.82. The number of carbonyl (C=O) groups is 2. The third-order valence-electron chi connectivity index (χ3n) is 2.16. The molecule has 3 atom stereocenters. The maximum atomic E-state index is 10.6. The van der Waals surface area contributed by atoms with E-state index in [2.05, 4.69) is 0 Å². The lowest BCUT2D eigenvalue weighted by Crippen LogP contribution is -2.32. The summed E-state index contributed by atoms with van der Waals surface area (Å²) in [7, 11) is 0. The normalized spacial score (nSPS) is 24.9. The second-order valence-corrected chi connectivity index (χ2v) is 3.74. The molecule has 0 saturated carbocycles. The molecule has 18 heavy (non-hydrogen) atoms. The van der Waals surface area contributed by atoms with Gasteiger partial charge in [0.05, 0.1) is 6.10 Å². The Morgan fingerprint density at radius 1 is 1.33 bits per heavy atom. The quantitative estimate of drug-likeness (QED) is 0.679. The summed E-state index contributed by atoms with van der Waals surface area (Å²) >= 11 is 0. The molecule has 0 aromatic rings. The molecule has 1 heterocycles. The van der Waals surface area contributed by atoms with Crippen LogP contribution in [-0.4, -0.2) is 46.6 Å². The highest BCUT2D eigenvalue weighted by Crippen LogP contribution is 2.21. The molecule has 1 fully saturated rings. The third-order valence-corrected chi connectivity index (χ3v) is 2.16. The zero-order chi connectivity index (χ0) is 14.5. The molecular weight excluding hydrogens is 259 g/mol. The van der Waals surface area contributed by atoms with Gasteiger partial charge in [0.1, 0.15) is 0 Å². The van der Waals surface area contributed by atoms with E-state index in [4.69, 9.17) is 25.5 Å². The van der Waals surface area contributed by atoms with Crippen LogP contribution in [0.2, 0.25) is 0 Å². The minimum Gasteiger partial charge on any atom is -0.479 e. The minimum absolute atomic E-state index is 0.0700. The molecule has 4 N–H and O–H groups in total. The first-order valence-electron chi connectivity index (χ1n) is 4.99. The topological polar surface area (TPSA) is 110 Å². The van der Waals surface area contributed by atoms with Gasteiger partial charge in [-0.05, 0) is 19.8 Å². The summed E-state index contributed by atoms with van der Waals surface area (Å²) in [5, 5.41) is 15.7. The summed E-state index contributed by atoms with van der Waals surface area (Å²) < 4.78 is 36.9. The first kappa shape index (κ1) is 16.6. The lowest BCUT2D eigenvalue weighted by atomic mass is 10.1. The lowest BCUT2D eigenvalue weighted by Gasteiger charge is -2.13. The summed E-state index contributed by atoms with van der Waals surface area (Å²) in [5.41, 5.74) is 5.54. The lowest BCUT2D eigenvalue weighted by molar-refractivity contribution is -0.192. The van der Waals surface area contributed by atoms with E-state index in [1.54, 1.807) is 0 Å². The fourth-order valence-electron chi connectivity index (χ4n) is 1.23. The highest BCUT2D eigenvalue weighted by molar-refractivity contribution is 5.73. The molecule has 1 rings (SSSR count). The van der Waals surface area contributed by atoms with Gasteiger partial charge in [-0.3, -0.25) is 0 Å². The molecule has 0 aromatic carbocycles. The van der Waals surface area contributed by atoms with Gasteiger partial charge in [-0.25, -0.2) is 9.59 Å². The van der Waals surface area contributed by atoms with E-state index in [9.17, 15) is 18.0 Å². The summed E-state index contributed by atoms with van der Waals surface area (Å²) in [6.07, 6.45) is -4.45. The first-order chi connectivity index (χ1) is 8.05. The van der Waals surface area contributed by atoms with Crippen LogP contribution in [0.4, 0.5) is 13.2 Å². The predicted octanol–water partition coefficient (Wildman–Crippen LogP) is 0.599. The molecule has 1 aliphatic heterocycles. The van der Waals surface area contributed by atoms with Crippen LogP contribution in [0.3, 0.4) is 0 Å². The molecule has 6 nitrogen and oxygen atoms in total. The molecule has 0 aliphatic carbocycles. The van der Waals surface area contributed by atoms with Crippen LogP contribution in [0.1, 0.15) is 19.8 Å². The summed E-state index contributed by atoms with van der Waals surface area (Å²) in [6, 6.07) is -0.0700. The van der Waals surface area contributed by atoms with Crippen molar-refractivity contribution in [3.05, 3.63) is 0 Å². The van der Waals surface area contributed by atoms with Crippen molar-refractivity contribution in [2.45, 2.75) is 44.2 Å². The van der Waals surface area contributed by atoms with Crippen molar-refractivity contribution in [3.8, 4) is 0 Å². The average molecular weight is 273 g/mol. The van der Waals surface area contributed by atoms with E-state index in [-0.39, 0.29) is 12.1 Å². The summed E-state index contributed by atoms with van der Waals surface area (Å²) in [4.78, 5) is 19.3. The number of aliphatic carboxylic acids is 2. The van der Waals surface area contributed by atoms with Crippen LogP contribution in [0.15, 0.2) is 0 Å². The molecule has 0 unspecified atom stereocenters. The Kier molecular flexibility index (Phi) is 6.06. The Bertz CT molecular complexity index is 305. The maximum absolute atomic E-state index is 10.6. The fourth-order valence-corrected chi connectivity index (χ4v) is 1.23. The van der Waals surface area contributed by atoms with E-state index in [1.807, 2.05) is 6.92 Å². The zero-order valence-electron chi connectivity index (χ0n) is 9.48. The number of rotatable bonds is 2. The molecule has 0 spiro atoms. The predicted molar refractivity (Wildman–Crippen MR) is 52.9 cm³/mol. The van der Waals surface area contributed by atoms with Gasteiger partial charge in [0.2, 0.25) is 0 Å². The van der Waals surface area contributed by atoms with E-state index >= 15 is 0 Å². The van der Waals surface area contributed by atoms with Gasteiger partial charge in [-0.2, -0.15) is 13.2 Å². The highest BCUT2D eigenvalue weighted by atomic mass is 19.4. The minimum atomic E-state index is -5.08. The number of hydrogen-bond acceptors (Lipinski definition) is 4. The van der Waals surface area contributed by atoms with Gasteiger partial charge >= 0.3 is 18.1 Å². The Hall–Kier alpha value is -1.35.